The zero-order valence-corrected chi connectivity index (χ0v) is 24.3. The van der Waals surface area contributed by atoms with Crippen LogP contribution in [0, 0.1) is 0 Å². The molecule has 2 atom stereocenters. The fourth-order valence-corrected chi connectivity index (χ4v) is 6.24. The van der Waals surface area contributed by atoms with Crippen LogP contribution in [0.5, 0.6) is 5.75 Å². The van der Waals surface area contributed by atoms with Crippen LogP contribution in [-0.2, 0) is 16.0 Å². The maximum absolute atomic E-state index is 13.1. The third kappa shape index (κ3) is 5.83. The maximum Gasteiger partial charge on any atom is 0.411 e. The van der Waals surface area contributed by atoms with Crippen molar-refractivity contribution in [2.45, 2.75) is 89.6 Å². The molecule has 40 heavy (non-hydrogen) atoms. The van der Waals surface area contributed by atoms with Crippen LogP contribution in [0.4, 0.5) is 4.79 Å². The highest BCUT2D eigenvalue weighted by molar-refractivity contribution is 5.74. The lowest BCUT2D eigenvalue weighted by Crippen LogP contribution is -2.63. The van der Waals surface area contributed by atoms with Crippen LogP contribution in [0.15, 0.2) is 42.7 Å². The largest absolute Gasteiger partial charge is 0.467 e. The van der Waals surface area contributed by atoms with E-state index in [-0.39, 0.29) is 30.0 Å². The molecule has 2 aliphatic rings. The quantitative estimate of drug-likeness (QED) is 0.364. The Morgan fingerprint density at radius 2 is 1.85 bits per heavy atom. The zero-order valence-electron chi connectivity index (χ0n) is 24.3. The lowest BCUT2D eigenvalue weighted by atomic mass is 9.82. The Bertz CT molecular complexity index is 1300. The minimum absolute atomic E-state index is 0.127. The minimum atomic E-state index is -0.512. The Hall–Kier alpha value is -3.50. The first-order valence-electron chi connectivity index (χ1n) is 13.8. The Morgan fingerprint density at radius 1 is 1.10 bits per heavy atom. The zero-order chi connectivity index (χ0) is 28.5. The molecule has 10 heteroatoms. The molecule has 0 saturated carbocycles. The number of aromatic nitrogens is 4. The second-order valence-electron chi connectivity index (χ2n) is 12.5. The highest BCUT2D eigenvalue weighted by atomic mass is 16.7. The van der Waals surface area contributed by atoms with Crippen molar-refractivity contribution in [3.05, 3.63) is 48.4 Å². The van der Waals surface area contributed by atoms with E-state index in [4.69, 9.17) is 14.2 Å². The molecule has 10 nitrogen and oxygen atoms in total. The SMILES string of the molecule is COCOc1cc(-c2cn[nH]c2)ccc1-c1ccc(CNC2CC3(C)CCC(C)(C2)N3C(=O)OC(C)(C)C)nn1. The number of benzene rings is 1. The molecule has 2 unspecified atom stereocenters. The standard InChI is InChI=1S/C30H40N6O4/c1-28(2,3)40-27(37)36-29(4)11-12-30(36,5)15-23(14-29)31-18-22-8-10-25(35-34-22)24-9-7-20(21-16-32-33-17-21)13-26(24)39-19-38-6/h7-10,13,16-17,23,31H,11-12,14-15,18-19H2,1-6H3,(H,32,33). The predicted molar refractivity (Wildman–Crippen MR) is 152 cm³/mol. The molecule has 0 radical (unpaired) electrons. The van der Waals surface area contributed by atoms with Gasteiger partial charge in [-0.25, -0.2) is 4.79 Å². The average molecular weight is 549 g/mol. The summed E-state index contributed by atoms with van der Waals surface area (Å²) in [5.74, 6) is 0.662. The lowest BCUT2D eigenvalue weighted by molar-refractivity contribution is -0.0384. The average Bonchev–Trinajstić information content (AvgIpc) is 3.49. The van der Waals surface area contributed by atoms with Crippen molar-refractivity contribution in [1.82, 2.24) is 30.6 Å². The number of carbonyl (C=O) groups excluding carboxylic acids is 1. The maximum atomic E-state index is 13.1. The molecular formula is C30H40N6O4. The summed E-state index contributed by atoms with van der Waals surface area (Å²) >= 11 is 0. The summed E-state index contributed by atoms with van der Waals surface area (Å²) < 4.78 is 16.8. The van der Waals surface area contributed by atoms with Gasteiger partial charge in [-0.3, -0.25) is 10.00 Å². The highest BCUT2D eigenvalue weighted by Gasteiger charge is 2.58. The molecule has 4 heterocycles. The van der Waals surface area contributed by atoms with E-state index < -0.39 is 5.60 Å². The monoisotopic (exact) mass is 548 g/mol. The first-order valence-corrected chi connectivity index (χ1v) is 13.8. The second-order valence-corrected chi connectivity index (χ2v) is 12.5. The summed E-state index contributed by atoms with van der Waals surface area (Å²) in [6.45, 7) is 10.9. The second kappa shape index (κ2) is 10.8. The van der Waals surface area contributed by atoms with Crippen molar-refractivity contribution >= 4 is 6.09 Å². The van der Waals surface area contributed by atoms with Gasteiger partial charge >= 0.3 is 6.09 Å². The van der Waals surface area contributed by atoms with Gasteiger partial charge in [0.2, 0.25) is 0 Å². The van der Waals surface area contributed by atoms with Crippen LogP contribution in [0.25, 0.3) is 22.4 Å². The van der Waals surface area contributed by atoms with Gasteiger partial charge in [-0.05, 0) is 90.1 Å². The molecule has 1 aromatic carbocycles. The number of piperidine rings is 1. The molecule has 2 bridgehead atoms. The number of carbonyl (C=O) groups is 1. The normalized spacial score (nSPS) is 24.2. The number of nitrogens with zero attached hydrogens (tertiary/aromatic N) is 4. The van der Waals surface area contributed by atoms with Crippen molar-refractivity contribution in [1.29, 1.82) is 0 Å². The Kier molecular flexibility index (Phi) is 7.58. The number of H-pyrrole nitrogens is 1. The van der Waals surface area contributed by atoms with Crippen molar-refractivity contribution in [2.24, 2.45) is 0 Å². The first kappa shape index (κ1) is 28.0. The van der Waals surface area contributed by atoms with Gasteiger partial charge in [0.25, 0.3) is 0 Å². The van der Waals surface area contributed by atoms with Crippen molar-refractivity contribution in [3.8, 4) is 28.1 Å². The lowest BCUT2D eigenvalue weighted by Gasteiger charge is -2.51. The van der Waals surface area contributed by atoms with Gasteiger partial charge in [0.1, 0.15) is 11.4 Å². The van der Waals surface area contributed by atoms with Gasteiger partial charge in [-0.2, -0.15) is 15.3 Å². The third-order valence-electron chi connectivity index (χ3n) is 7.94. The summed E-state index contributed by atoms with van der Waals surface area (Å²) in [5.41, 5.74) is 3.38. The first-order chi connectivity index (χ1) is 19.0. The Morgan fingerprint density at radius 3 is 2.45 bits per heavy atom. The Balaban J connectivity index is 1.25. The van der Waals surface area contributed by atoms with Crippen molar-refractivity contribution in [2.75, 3.05) is 13.9 Å². The van der Waals surface area contributed by atoms with E-state index in [1.807, 2.05) is 62.2 Å². The highest BCUT2D eigenvalue weighted by Crippen LogP contribution is 2.51. The summed E-state index contributed by atoms with van der Waals surface area (Å²) in [6, 6.07) is 10.2. The van der Waals surface area contributed by atoms with E-state index in [1.54, 1.807) is 13.3 Å². The van der Waals surface area contributed by atoms with E-state index >= 15 is 0 Å². The van der Waals surface area contributed by atoms with Crippen LogP contribution in [0.2, 0.25) is 0 Å². The van der Waals surface area contributed by atoms with E-state index in [1.165, 1.54) is 0 Å². The minimum Gasteiger partial charge on any atom is -0.467 e. The summed E-state index contributed by atoms with van der Waals surface area (Å²) in [4.78, 5) is 15.1. The predicted octanol–water partition coefficient (Wildman–Crippen LogP) is 5.32. The van der Waals surface area contributed by atoms with Gasteiger partial charge in [-0.1, -0.05) is 6.07 Å². The van der Waals surface area contributed by atoms with E-state index in [0.717, 1.165) is 53.8 Å². The molecule has 5 rings (SSSR count). The number of hydrogen-bond acceptors (Lipinski definition) is 8. The van der Waals surface area contributed by atoms with Crippen LogP contribution < -0.4 is 10.1 Å². The van der Waals surface area contributed by atoms with Crippen LogP contribution >= 0.6 is 0 Å². The molecule has 0 aliphatic carbocycles. The van der Waals surface area contributed by atoms with Crippen molar-refractivity contribution < 1.29 is 19.0 Å². The molecule has 214 valence electrons. The number of nitrogens with one attached hydrogen (secondary N) is 2. The smallest absolute Gasteiger partial charge is 0.411 e. The number of hydrogen-bond donors (Lipinski definition) is 2. The number of methoxy groups -OCH3 is 1. The van der Waals surface area contributed by atoms with E-state index in [2.05, 4.69) is 39.6 Å². The van der Waals surface area contributed by atoms with Crippen LogP contribution in [0.1, 0.15) is 66.0 Å². The number of rotatable bonds is 8. The molecule has 0 spiro atoms. The number of ether oxygens (including phenoxy) is 3. The molecular weight excluding hydrogens is 508 g/mol. The van der Waals surface area contributed by atoms with Gasteiger partial charge in [0, 0.05) is 48.1 Å². The molecule has 1 amide bonds. The summed E-state index contributed by atoms with van der Waals surface area (Å²) in [7, 11) is 1.59. The third-order valence-corrected chi connectivity index (χ3v) is 7.94. The fourth-order valence-electron chi connectivity index (χ4n) is 6.24. The number of aromatic amines is 1. The molecule has 2 aliphatic heterocycles. The van der Waals surface area contributed by atoms with Gasteiger partial charge in [0.15, 0.2) is 6.79 Å². The molecule has 3 aromatic rings. The van der Waals surface area contributed by atoms with Crippen LogP contribution in [0.3, 0.4) is 0 Å². The number of amides is 1. The van der Waals surface area contributed by atoms with E-state index in [9.17, 15) is 4.79 Å². The van der Waals surface area contributed by atoms with Gasteiger partial charge < -0.3 is 19.5 Å². The van der Waals surface area contributed by atoms with Gasteiger partial charge in [0.05, 0.1) is 17.6 Å². The molecule has 2 fully saturated rings. The number of fused-ring (bicyclic) bond motifs is 2. The molecule has 2 saturated heterocycles. The molecule has 2 aromatic heterocycles. The summed E-state index contributed by atoms with van der Waals surface area (Å²) in [6.07, 6.45) is 7.09. The van der Waals surface area contributed by atoms with Gasteiger partial charge in [-0.15, -0.1) is 0 Å². The topological polar surface area (TPSA) is 114 Å². The summed E-state index contributed by atoms with van der Waals surface area (Å²) in [5, 5.41) is 19.6. The van der Waals surface area contributed by atoms with E-state index in [0.29, 0.717) is 12.3 Å². The van der Waals surface area contributed by atoms with Crippen LogP contribution in [-0.4, -0.2) is 68.0 Å². The van der Waals surface area contributed by atoms with Crippen molar-refractivity contribution in [3.63, 3.8) is 0 Å². The fraction of sp³-hybridized carbons (Fsp3) is 0.533. The Labute approximate surface area is 235 Å². The molecule has 2 N–H and O–H groups in total.